The van der Waals surface area contributed by atoms with E-state index < -0.39 is 0 Å². The molecule has 13 heavy (non-hydrogen) atoms. The van der Waals surface area contributed by atoms with Gasteiger partial charge in [-0.2, -0.15) is 5.10 Å². The van der Waals surface area contributed by atoms with Crippen LogP contribution in [0, 0.1) is 6.92 Å². The van der Waals surface area contributed by atoms with Crippen molar-refractivity contribution in [3.63, 3.8) is 0 Å². The van der Waals surface area contributed by atoms with Gasteiger partial charge in [0.2, 0.25) is 0 Å². The van der Waals surface area contributed by atoms with Gasteiger partial charge in [-0.25, -0.2) is 0 Å². The van der Waals surface area contributed by atoms with Gasteiger partial charge < -0.3 is 4.90 Å². The van der Waals surface area contributed by atoms with E-state index in [0.29, 0.717) is 0 Å². The lowest BCUT2D eigenvalue weighted by molar-refractivity contribution is 0.285. The normalized spacial score (nSPS) is 11.1. The van der Waals surface area contributed by atoms with E-state index in [9.17, 15) is 0 Å². The monoisotopic (exact) mass is 181 g/mol. The Balaban J connectivity index is 2.33. The first-order chi connectivity index (χ1) is 6.26. The number of rotatable bonds is 5. The van der Waals surface area contributed by atoms with Gasteiger partial charge in [0.05, 0.1) is 12.2 Å². The zero-order valence-corrected chi connectivity index (χ0v) is 8.82. The highest BCUT2D eigenvalue weighted by molar-refractivity contribution is 4.94. The molecule has 3 nitrogen and oxygen atoms in total. The highest BCUT2D eigenvalue weighted by Gasteiger charge is 1.99. The second-order valence-electron chi connectivity index (χ2n) is 3.25. The number of hydrogen-bond acceptors (Lipinski definition) is 2. The van der Waals surface area contributed by atoms with Crippen molar-refractivity contribution in [3.05, 3.63) is 18.0 Å². The number of likely N-dealkylation sites (N-methyl/N-ethyl adjacent to an activating group) is 1. The summed E-state index contributed by atoms with van der Waals surface area (Å²) in [5, 5.41) is 4.34. The Morgan fingerprint density at radius 3 is 2.54 bits per heavy atom. The first-order valence-electron chi connectivity index (χ1n) is 4.98. The minimum atomic E-state index is 0.996. The van der Waals surface area contributed by atoms with Gasteiger partial charge in [0.25, 0.3) is 0 Å². The fourth-order valence-corrected chi connectivity index (χ4v) is 1.37. The molecule has 0 fully saturated rings. The quantitative estimate of drug-likeness (QED) is 0.687. The maximum atomic E-state index is 4.34. The van der Waals surface area contributed by atoms with E-state index in [1.165, 1.54) is 0 Å². The van der Waals surface area contributed by atoms with E-state index >= 15 is 0 Å². The molecule has 0 atom stereocenters. The Hall–Kier alpha value is -0.830. The predicted molar refractivity (Wildman–Crippen MR) is 54.8 cm³/mol. The van der Waals surface area contributed by atoms with Crippen LogP contribution in [-0.4, -0.2) is 34.3 Å². The summed E-state index contributed by atoms with van der Waals surface area (Å²) >= 11 is 0. The average Bonchev–Trinajstić information content (AvgIpc) is 2.53. The molecule has 0 bridgehead atoms. The lowest BCUT2D eigenvalue weighted by Crippen LogP contribution is -2.27. The average molecular weight is 181 g/mol. The second-order valence-corrected chi connectivity index (χ2v) is 3.25. The molecule has 0 aliphatic heterocycles. The minimum absolute atomic E-state index is 0.996. The number of aryl methyl sites for hydroxylation is 1. The van der Waals surface area contributed by atoms with Gasteiger partial charge in [-0.1, -0.05) is 13.8 Å². The van der Waals surface area contributed by atoms with Gasteiger partial charge in [-0.15, -0.1) is 0 Å². The molecular weight excluding hydrogens is 162 g/mol. The van der Waals surface area contributed by atoms with Crippen LogP contribution in [-0.2, 0) is 6.54 Å². The lowest BCUT2D eigenvalue weighted by Gasteiger charge is -2.17. The van der Waals surface area contributed by atoms with Crippen molar-refractivity contribution in [1.29, 1.82) is 0 Å². The molecule has 0 radical (unpaired) electrons. The van der Waals surface area contributed by atoms with Crippen molar-refractivity contribution in [1.82, 2.24) is 14.7 Å². The summed E-state index contributed by atoms with van der Waals surface area (Å²) in [5.41, 5.74) is 1.10. The summed E-state index contributed by atoms with van der Waals surface area (Å²) in [4.78, 5) is 2.40. The molecule has 0 saturated heterocycles. The van der Waals surface area contributed by atoms with Crippen LogP contribution in [0.3, 0.4) is 0 Å². The topological polar surface area (TPSA) is 21.1 Å². The van der Waals surface area contributed by atoms with E-state index in [1.54, 1.807) is 0 Å². The third kappa shape index (κ3) is 3.19. The van der Waals surface area contributed by atoms with Gasteiger partial charge in [0.15, 0.2) is 0 Å². The molecule has 1 aromatic heterocycles. The van der Waals surface area contributed by atoms with E-state index in [2.05, 4.69) is 23.8 Å². The van der Waals surface area contributed by atoms with Crippen LogP contribution < -0.4 is 0 Å². The van der Waals surface area contributed by atoms with Crippen LogP contribution >= 0.6 is 0 Å². The van der Waals surface area contributed by atoms with E-state index in [-0.39, 0.29) is 0 Å². The van der Waals surface area contributed by atoms with Crippen molar-refractivity contribution in [2.24, 2.45) is 0 Å². The van der Waals surface area contributed by atoms with Gasteiger partial charge in [0.1, 0.15) is 0 Å². The van der Waals surface area contributed by atoms with Crippen molar-refractivity contribution < 1.29 is 0 Å². The second kappa shape index (κ2) is 5.02. The molecule has 0 spiro atoms. The van der Waals surface area contributed by atoms with Crippen LogP contribution in [0.15, 0.2) is 12.3 Å². The van der Waals surface area contributed by atoms with Gasteiger partial charge in [-0.05, 0) is 26.1 Å². The summed E-state index contributed by atoms with van der Waals surface area (Å²) in [6.07, 6.45) is 2.04. The van der Waals surface area contributed by atoms with E-state index in [0.717, 1.165) is 31.9 Å². The molecule has 0 unspecified atom stereocenters. The molecule has 1 aromatic rings. The van der Waals surface area contributed by atoms with E-state index in [1.807, 2.05) is 23.9 Å². The number of nitrogens with zero attached hydrogens (tertiary/aromatic N) is 3. The maximum absolute atomic E-state index is 4.34. The maximum Gasteiger partial charge on any atom is 0.0593 e. The van der Waals surface area contributed by atoms with Crippen molar-refractivity contribution >= 4 is 0 Å². The fourth-order valence-electron chi connectivity index (χ4n) is 1.37. The highest BCUT2D eigenvalue weighted by atomic mass is 15.3. The molecular formula is C10H19N3. The molecule has 3 heteroatoms. The van der Waals surface area contributed by atoms with Crippen molar-refractivity contribution in [3.8, 4) is 0 Å². The Labute approximate surface area is 80.4 Å². The predicted octanol–water partition coefficient (Wildman–Crippen LogP) is 1.53. The van der Waals surface area contributed by atoms with Crippen LogP contribution in [0.5, 0.6) is 0 Å². The molecule has 0 N–H and O–H groups in total. The minimum Gasteiger partial charge on any atom is -0.302 e. The zero-order chi connectivity index (χ0) is 9.68. The Kier molecular flexibility index (Phi) is 3.96. The Bertz CT molecular complexity index is 238. The van der Waals surface area contributed by atoms with Crippen LogP contribution in [0.1, 0.15) is 19.5 Å². The molecule has 0 amide bonds. The summed E-state index contributed by atoms with van der Waals surface area (Å²) in [5.74, 6) is 0. The third-order valence-corrected chi connectivity index (χ3v) is 2.31. The zero-order valence-electron chi connectivity index (χ0n) is 8.82. The molecule has 0 aliphatic carbocycles. The van der Waals surface area contributed by atoms with Gasteiger partial charge in [0, 0.05) is 12.7 Å². The van der Waals surface area contributed by atoms with Crippen LogP contribution in [0.2, 0.25) is 0 Å². The first-order valence-corrected chi connectivity index (χ1v) is 4.98. The smallest absolute Gasteiger partial charge is 0.0593 e. The molecule has 0 aliphatic rings. The molecule has 74 valence electrons. The van der Waals surface area contributed by atoms with E-state index in [4.69, 9.17) is 0 Å². The summed E-state index contributed by atoms with van der Waals surface area (Å²) in [6.45, 7) is 10.7. The number of aromatic nitrogens is 2. The molecule has 1 heterocycles. The first kappa shape index (κ1) is 10.3. The Morgan fingerprint density at radius 2 is 2.08 bits per heavy atom. The molecule has 1 rings (SSSR count). The molecule has 0 saturated carbocycles. The third-order valence-electron chi connectivity index (χ3n) is 2.31. The Morgan fingerprint density at radius 1 is 1.38 bits per heavy atom. The summed E-state index contributed by atoms with van der Waals surface area (Å²) in [6, 6.07) is 2.04. The largest absolute Gasteiger partial charge is 0.302 e. The van der Waals surface area contributed by atoms with Crippen LogP contribution in [0.25, 0.3) is 0 Å². The summed E-state index contributed by atoms with van der Waals surface area (Å²) in [7, 11) is 0. The highest BCUT2D eigenvalue weighted by Crippen LogP contribution is 1.94. The number of hydrogen-bond donors (Lipinski definition) is 0. The van der Waals surface area contributed by atoms with Gasteiger partial charge >= 0.3 is 0 Å². The fraction of sp³-hybridized carbons (Fsp3) is 0.700. The van der Waals surface area contributed by atoms with Gasteiger partial charge in [-0.3, -0.25) is 4.68 Å². The van der Waals surface area contributed by atoms with Crippen molar-refractivity contribution in [2.75, 3.05) is 19.6 Å². The van der Waals surface area contributed by atoms with Crippen LogP contribution in [0.4, 0.5) is 0 Å². The van der Waals surface area contributed by atoms with Crippen molar-refractivity contribution in [2.45, 2.75) is 27.3 Å². The molecule has 0 aromatic carbocycles. The SMILES string of the molecule is CCN(CC)CCn1ccc(C)n1. The summed E-state index contributed by atoms with van der Waals surface area (Å²) < 4.78 is 2.01. The standard InChI is InChI=1S/C10H19N3/c1-4-12(5-2)8-9-13-7-6-10(3)11-13/h6-7H,4-5,8-9H2,1-3H3. The lowest BCUT2D eigenvalue weighted by atomic mass is 10.5.